The first-order chi connectivity index (χ1) is 13.8. The normalized spacial score (nSPS) is 16.9. The minimum atomic E-state index is -0.519. The fourth-order valence-corrected chi connectivity index (χ4v) is 3.39. The van der Waals surface area contributed by atoms with Crippen LogP contribution in [-0.2, 0) is 4.74 Å². The number of amides is 1. The first-order valence-electron chi connectivity index (χ1n) is 9.58. The van der Waals surface area contributed by atoms with E-state index in [0.29, 0.717) is 30.4 Å². The lowest BCUT2D eigenvalue weighted by Crippen LogP contribution is -2.36. The summed E-state index contributed by atoms with van der Waals surface area (Å²) >= 11 is 0. The van der Waals surface area contributed by atoms with Gasteiger partial charge >= 0.3 is 11.8 Å². The molecule has 4 rings (SSSR count). The molecule has 1 amide bonds. The van der Waals surface area contributed by atoms with Crippen molar-refractivity contribution in [3.63, 3.8) is 0 Å². The van der Waals surface area contributed by atoms with Crippen molar-refractivity contribution >= 4 is 22.7 Å². The van der Waals surface area contributed by atoms with E-state index >= 15 is 0 Å². The van der Waals surface area contributed by atoms with E-state index < -0.39 is 5.60 Å². The Kier molecular flexibility index (Phi) is 4.73. The van der Waals surface area contributed by atoms with Gasteiger partial charge in [0.2, 0.25) is 0 Å². The molecule has 0 aliphatic carbocycles. The molecule has 1 fully saturated rings. The molecule has 2 aromatic heterocycles. The van der Waals surface area contributed by atoms with Gasteiger partial charge in [-0.2, -0.15) is 5.10 Å². The zero-order valence-corrected chi connectivity index (χ0v) is 16.7. The highest BCUT2D eigenvalue weighted by Crippen LogP contribution is 2.28. The summed E-state index contributed by atoms with van der Waals surface area (Å²) in [5.41, 5.74) is -0.338. The van der Waals surface area contributed by atoms with Gasteiger partial charge in [-0.15, -0.1) is 0 Å². The standard InChI is InChI=1S/C20H24N6O3/c1-20(2,3)29-19(28)26-9-8-13(11-26)21-16-14-7-5-4-6-12(14)10-15(22-16)17-23-18(27)25-24-17/h4-7,10,13H,8-9,11H2,1-3H3,(H,21,22)(H2,23,24,25,27). The van der Waals surface area contributed by atoms with Gasteiger partial charge < -0.3 is 15.0 Å². The van der Waals surface area contributed by atoms with Crippen molar-refractivity contribution in [2.24, 2.45) is 0 Å². The van der Waals surface area contributed by atoms with Gasteiger partial charge in [-0.25, -0.2) is 19.7 Å². The van der Waals surface area contributed by atoms with Gasteiger partial charge in [-0.05, 0) is 38.6 Å². The summed E-state index contributed by atoms with van der Waals surface area (Å²) in [5, 5.41) is 11.7. The average molecular weight is 396 g/mol. The molecule has 3 aromatic rings. The Morgan fingerprint density at radius 3 is 2.83 bits per heavy atom. The molecule has 152 valence electrons. The summed E-state index contributed by atoms with van der Waals surface area (Å²) in [6, 6.07) is 9.80. The van der Waals surface area contributed by atoms with E-state index in [1.807, 2.05) is 51.1 Å². The Morgan fingerprint density at radius 1 is 1.31 bits per heavy atom. The number of ether oxygens (including phenoxy) is 1. The highest BCUT2D eigenvalue weighted by atomic mass is 16.6. The van der Waals surface area contributed by atoms with Gasteiger partial charge in [0.25, 0.3) is 0 Å². The molecule has 1 aliphatic heterocycles. The molecule has 9 heteroatoms. The summed E-state index contributed by atoms with van der Waals surface area (Å²) in [4.78, 5) is 32.8. The highest BCUT2D eigenvalue weighted by Gasteiger charge is 2.30. The smallest absolute Gasteiger partial charge is 0.410 e. The second-order valence-electron chi connectivity index (χ2n) is 8.16. The van der Waals surface area contributed by atoms with E-state index in [1.165, 1.54) is 0 Å². The molecule has 0 saturated carbocycles. The molecule has 0 bridgehead atoms. The Labute approximate surface area is 167 Å². The molecule has 3 heterocycles. The van der Waals surface area contributed by atoms with Crippen molar-refractivity contribution in [1.82, 2.24) is 25.1 Å². The number of carbonyl (C=O) groups excluding carboxylic acids is 1. The molecule has 1 saturated heterocycles. The van der Waals surface area contributed by atoms with Gasteiger partial charge in [-0.1, -0.05) is 24.3 Å². The number of carbonyl (C=O) groups is 1. The number of aromatic nitrogens is 4. The van der Waals surface area contributed by atoms with Crippen molar-refractivity contribution in [2.45, 2.75) is 38.8 Å². The lowest BCUT2D eigenvalue weighted by Gasteiger charge is -2.24. The molecule has 3 N–H and O–H groups in total. The van der Waals surface area contributed by atoms with Crippen molar-refractivity contribution in [2.75, 3.05) is 18.4 Å². The quantitative estimate of drug-likeness (QED) is 0.627. The number of pyridine rings is 1. The van der Waals surface area contributed by atoms with Crippen LogP contribution in [0.3, 0.4) is 0 Å². The van der Waals surface area contributed by atoms with Crippen LogP contribution in [0.2, 0.25) is 0 Å². The van der Waals surface area contributed by atoms with Gasteiger partial charge in [0.15, 0.2) is 5.82 Å². The number of anilines is 1. The van der Waals surface area contributed by atoms with Crippen molar-refractivity contribution in [3.05, 3.63) is 40.8 Å². The molecule has 1 aromatic carbocycles. The first kappa shape index (κ1) is 19.0. The van der Waals surface area contributed by atoms with E-state index in [4.69, 9.17) is 4.74 Å². The minimum absolute atomic E-state index is 0.0481. The molecular weight excluding hydrogens is 372 g/mol. The maximum Gasteiger partial charge on any atom is 0.410 e. The number of nitrogens with one attached hydrogen (secondary N) is 3. The third kappa shape index (κ3) is 4.23. The van der Waals surface area contributed by atoms with Crippen molar-refractivity contribution in [3.8, 4) is 11.5 Å². The summed E-state index contributed by atoms with van der Waals surface area (Å²) in [6.45, 7) is 6.73. The molecular formula is C20H24N6O3. The number of nitrogens with zero attached hydrogens (tertiary/aromatic N) is 3. The van der Waals surface area contributed by atoms with Gasteiger partial charge in [-0.3, -0.25) is 4.98 Å². The van der Waals surface area contributed by atoms with Crippen LogP contribution < -0.4 is 11.0 Å². The Morgan fingerprint density at radius 2 is 2.10 bits per heavy atom. The fourth-order valence-electron chi connectivity index (χ4n) is 3.39. The van der Waals surface area contributed by atoms with Crippen LogP contribution in [0.15, 0.2) is 35.1 Å². The van der Waals surface area contributed by atoms with Crippen LogP contribution in [0.1, 0.15) is 27.2 Å². The predicted octanol–water partition coefficient (Wildman–Crippen LogP) is 2.73. The van der Waals surface area contributed by atoms with E-state index in [-0.39, 0.29) is 17.8 Å². The number of likely N-dealkylation sites (tertiary alicyclic amines) is 1. The molecule has 0 radical (unpaired) electrons. The number of aromatic amines is 2. The van der Waals surface area contributed by atoms with Crippen molar-refractivity contribution < 1.29 is 9.53 Å². The van der Waals surface area contributed by atoms with E-state index in [1.54, 1.807) is 4.90 Å². The lowest BCUT2D eigenvalue weighted by atomic mass is 10.1. The minimum Gasteiger partial charge on any atom is -0.444 e. The number of rotatable bonds is 3. The Bertz CT molecular complexity index is 1100. The van der Waals surface area contributed by atoms with Gasteiger partial charge in [0, 0.05) is 24.5 Å². The average Bonchev–Trinajstić information content (AvgIpc) is 3.29. The summed E-state index contributed by atoms with van der Waals surface area (Å²) < 4.78 is 5.47. The van der Waals surface area contributed by atoms with Crippen LogP contribution in [-0.4, -0.2) is 55.9 Å². The fraction of sp³-hybridized carbons (Fsp3) is 0.400. The van der Waals surface area contributed by atoms with Crippen LogP contribution in [0.4, 0.5) is 10.6 Å². The van der Waals surface area contributed by atoms with E-state index in [2.05, 4.69) is 25.5 Å². The Balaban J connectivity index is 1.58. The summed E-state index contributed by atoms with van der Waals surface area (Å²) in [6.07, 6.45) is 0.487. The SMILES string of the molecule is CC(C)(C)OC(=O)N1CCC(Nc2nc(-c3n[nH]c(=O)[nH]3)cc3ccccc23)C1. The molecule has 1 atom stereocenters. The van der Waals surface area contributed by atoms with Crippen molar-refractivity contribution in [1.29, 1.82) is 0 Å². The van der Waals surface area contributed by atoms with E-state index in [9.17, 15) is 9.59 Å². The zero-order valence-electron chi connectivity index (χ0n) is 16.7. The highest BCUT2D eigenvalue weighted by molar-refractivity contribution is 5.94. The number of hydrogen-bond acceptors (Lipinski definition) is 6. The van der Waals surface area contributed by atoms with Gasteiger partial charge in [0.1, 0.15) is 17.1 Å². The summed E-state index contributed by atoms with van der Waals surface area (Å²) in [5.74, 6) is 1.07. The second-order valence-corrected chi connectivity index (χ2v) is 8.16. The molecule has 9 nitrogen and oxygen atoms in total. The molecule has 29 heavy (non-hydrogen) atoms. The number of hydrogen-bond donors (Lipinski definition) is 3. The van der Waals surface area contributed by atoms with Crippen LogP contribution in [0, 0.1) is 0 Å². The third-order valence-corrected chi connectivity index (χ3v) is 4.66. The topological polar surface area (TPSA) is 116 Å². The maximum absolute atomic E-state index is 12.3. The van der Waals surface area contributed by atoms with Crippen LogP contribution in [0.25, 0.3) is 22.3 Å². The number of benzene rings is 1. The van der Waals surface area contributed by atoms with Gasteiger partial charge in [0.05, 0.1) is 0 Å². The van der Waals surface area contributed by atoms with E-state index in [0.717, 1.165) is 17.2 Å². The maximum atomic E-state index is 12.3. The zero-order chi connectivity index (χ0) is 20.6. The van der Waals surface area contributed by atoms with Crippen LogP contribution >= 0.6 is 0 Å². The monoisotopic (exact) mass is 396 g/mol. The Hall–Kier alpha value is -3.36. The van der Waals surface area contributed by atoms with Crippen LogP contribution in [0.5, 0.6) is 0 Å². The summed E-state index contributed by atoms with van der Waals surface area (Å²) in [7, 11) is 0. The number of fused-ring (bicyclic) bond motifs is 1. The predicted molar refractivity (Wildman–Crippen MR) is 110 cm³/mol. The lowest BCUT2D eigenvalue weighted by molar-refractivity contribution is 0.0293. The molecule has 0 spiro atoms. The molecule has 1 aliphatic rings. The largest absolute Gasteiger partial charge is 0.444 e. The number of H-pyrrole nitrogens is 2. The first-order valence-corrected chi connectivity index (χ1v) is 9.58. The molecule has 1 unspecified atom stereocenters. The third-order valence-electron chi connectivity index (χ3n) is 4.66. The second kappa shape index (κ2) is 7.23.